The van der Waals surface area contributed by atoms with Crippen LogP contribution in [0.15, 0.2) is 42.5 Å². The summed E-state index contributed by atoms with van der Waals surface area (Å²) in [4.78, 5) is 11.9. The van der Waals surface area contributed by atoms with Crippen LogP contribution in [0.3, 0.4) is 0 Å². The van der Waals surface area contributed by atoms with E-state index in [1.807, 2.05) is 0 Å². The van der Waals surface area contributed by atoms with Gasteiger partial charge in [0.1, 0.15) is 11.6 Å². The summed E-state index contributed by atoms with van der Waals surface area (Å²) in [6.07, 6.45) is -6.36. The smallest absolute Gasteiger partial charge is 0.386 e. The lowest BCUT2D eigenvalue weighted by Gasteiger charge is -2.15. The van der Waals surface area contributed by atoms with Gasteiger partial charge in [-0.2, -0.15) is 13.2 Å². The van der Waals surface area contributed by atoms with Gasteiger partial charge >= 0.3 is 6.18 Å². The Labute approximate surface area is 133 Å². The standard InChI is InChI=1S/C16H12F5NO2/c17-9-5-6-10(12(7-9)16(19,20)21)15(24)22-8-14(23)11-3-1-2-4-13(11)18/h1-7,14,23H,8H2,(H,22,24)/t14-/m0/s1. The number of carbonyl (C=O) groups excluding carboxylic acids is 1. The quantitative estimate of drug-likeness (QED) is 0.834. The van der Waals surface area contributed by atoms with E-state index in [1.54, 1.807) is 0 Å². The van der Waals surface area contributed by atoms with Gasteiger partial charge in [0.2, 0.25) is 0 Å². The van der Waals surface area contributed by atoms with Gasteiger partial charge < -0.3 is 10.4 Å². The molecule has 2 N–H and O–H groups in total. The minimum absolute atomic E-state index is 0.104. The maximum Gasteiger partial charge on any atom is 0.417 e. The van der Waals surface area contributed by atoms with E-state index < -0.39 is 47.5 Å². The molecule has 0 aliphatic rings. The molecule has 128 valence electrons. The number of hydrogen-bond donors (Lipinski definition) is 2. The summed E-state index contributed by atoms with van der Waals surface area (Å²) in [6, 6.07) is 6.87. The lowest BCUT2D eigenvalue weighted by Crippen LogP contribution is -2.30. The van der Waals surface area contributed by atoms with Crippen LogP contribution in [0.1, 0.15) is 27.6 Å². The number of alkyl halides is 3. The number of nitrogens with one attached hydrogen (secondary N) is 1. The Hall–Kier alpha value is -2.48. The van der Waals surface area contributed by atoms with Crippen LogP contribution in [-0.2, 0) is 6.18 Å². The lowest BCUT2D eigenvalue weighted by atomic mass is 10.1. The molecule has 2 aromatic rings. The Bertz CT molecular complexity index is 745. The molecular weight excluding hydrogens is 333 g/mol. The van der Waals surface area contributed by atoms with Crippen LogP contribution in [0.4, 0.5) is 22.0 Å². The zero-order valence-electron chi connectivity index (χ0n) is 12.1. The first-order chi connectivity index (χ1) is 11.2. The normalized spacial score (nSPS) is 12.8. The molecule has 0 fully saturated rings. The topological polar surface area (TPSA) is 49.3 Å². The Kier molecular flexibility index (Phi) is 5.18. The molecule has 0 saturated carbocycles. The lowest BCUT2D eigenvalue weighted by molar-refractivity contribution is -0.138. The first-order valence-electron chi connectivity index (χ1n) is 6.77. The molecule has 0 spiro atoms. The highest BCUT2D eigenvalue weighted by Gasteiger charge is 2.35. The van der Waals surface area contributed by atoms with Gasteiger partial charge in [0.25, 0.3) is 5.91 Å². The summed E-state index contributed by atoms with van der Waals surface area (Å²) >= 11 is 0. The van der Waals surface area contributed by atoms with Crippen LogP contribution < -0.4 is 5.32 Å². The fourth-order valence-electron chi connectivity index (χ4n) is 2.09. The molecule has 0 aliphatic carbocycles. The Morgan fingerprint density at radius 2 is 1.79 bits per heavy atom. The van der Waals surface area contributed by atoms with E-state index in [-0.39, 0.29) is 11.6 Å². The van der Waals surface area contributed by atoms with Crippen molar-refractivity contribution in [2.24, 2.45) is 0 Å². The van der Waals surface area contributed by atoms with Crippen LogP contribution in [0.25, 0.3) is 0 Å². The molecule has 24 heavy (non-hydrogen) atoms. The fourth-order valence-corrected chi connectivity index (χ4v) is 2.09. The molecule has 0 saturated heterocycles. The van der Waals surface area contributed by atoms with Crippen molar-refractivity contribution in [2.45, 2.75) is 12.3 Å². The van der Waals surface area contributed by atoms with Crippen molar-refractivity contribution >= 4 is 5.91 Å². The average Bonchev–Trinajstić information content (AvgIpc) is 2.51. The monoisotopic (exact) mass is 345 g/mol. The summed E-state index contributed by atoms with van der Waals surface area (Å²) in [7, 11) is 0. The van der Waals surface area contributed by atoms with Gasteiger partial charge in [-0.1, -0.05) is 18.2 Å². The van der Waals surface area contributed by atoms with Gasteiger partial charge in [-0.15, -0.1) is 0 Å². The van der Waals surface area contributed by atoms with E-state index in [9.17, 15) is 31.9 Å². The van der Waals surface area contributed by atoms with Gasteiger partial charge in [-0.3, -0.25) is 4.79 Å². The molecule has 3 nitrogen and oxygen atoms in total. The third-order valence-corrected chi connectivity index (χ3v) is 3.25. The molecular formula is C16H12F5NO2. The maximum atomic E-state index is 13.5. The van der Waals surface area contributed by atoms with Gasteiger partial charge in [-0.25, -0.2) is 8.78 Å². The average molecular weight is 345 g/mol. The number of aliphatic hydroxyl groups is 1. The van der Waals surface area contributed by atoms with Crippen molar-refractivity contribution in [3.8, 4) is 0 Å². The highest BCUT2D eigenvalue weighted by molar-refractivity contribution is 5.95. The highest BCUT2D eigenvalue weighted by Crippen LogP contribution is 2.32. The van der Waals surface area contributed by atoms with Crippen molar-refractivity contribution in [3.05, 3.63) is 70.8 Å². The van der Waals surface area contributed by atoms with E-state index in [2.05, 4.69) is 5.32 Å². The minimum Gasteiger partial charge on any atom is -0.386 e. The predicted octanol–water partition coefficient (Wildman–Crippen LogP) is 3.45. The zero-order chi connectivity index (χ0) is 17.9. The summed E-state index contributed by atoms with van der Waals surface area (Å²) in [5, 5.41) is 11.9. The van der Waals surface area contributed by atoms with Crippen molar-refractivity contribution in [3.63, 3.8) is 0 Å². The molecule has 0 radical (unpaired) electrons. The van der Waals surface area contributed by atoms with Crippen molar-refractivity contribution in [1.82, 2.24) is 5.32 Å². The van der Waals surface area contributed by atoms with E-state index in [0.29, 0.717) is 6.07 Å². The van der Waals surface area contributed by atoms with Gasteiger partial charge in [0.15, 0.2) is 0 Å². The largest absolute Gasteiger partial charge is 0.417 e. The summed E-state index contributed by atoms with van der Waals surface area (Å²) in [5.41, 5.74) is -2.32. The van der Waals surface area contributed by atoms with Crippen molar-refractivity contribution in [2.75, 3.05) is 6.54 Å². The molecule has 0 bridgehead atoms. The SMILES string of the molecule is O=C(NC[C@H](O)c1ccccc1F)c1ccc(F)cc1C(F)(F)F. The number of rotatable bonds is 4. The molecule has 0 heterocycles. The number of carbonyl (C=O) groups is 1. The second kappa shape index (κ2) is 6.96. The molecule has 0 unspecified atom stereocenters. The summed E-state index contributed by atoms with van der Waals surface area (Å²) in [5.74, 6) is -3.00. The fraction of sp³-hybridized carbons (Fsp3) is 0.188. The van der Waals surface area contributed by atoms with Crippen LogP contribution in [0, 0.1) is 11.6 Å². The van der Waals surface area contributed by atoms with E-state index in [1.165, 1.54) is 18.2 Å². The summed E-state index contributed by atoms with van der Waals surface area (Å²) in [6.45, 7) is -0.506. The first kappa shape index (κ1) is 17.9. The third-order valence-electron chi connectivity index (χ3n) is 3.25. The van der Waals surface area contributed by atoms with E-state index in [4.69, 9.17) is 0 Å². The second-order valence-electron chi connectivity index (χ2n) is 4.94. The maximum absolute atomic E-state index is 13.5. The number of hydrogen-bond acceptors (Lipinski definition) is 2. The Morgan fingerprint density at radius 3 is 2.42 bits per heavy atom. The van der Waals surface area contributed by atoms with Crippen LogP contribution >= 0.6 is 0 Å². The Morgan fingerprint density at radius 1 is 1.12 bits per heavy atom. The highest BCUT2D eigenvalue weighted by atomic mass is 19.4. The van der Waals surface area contributed by atoms with E-state index in [0.717, 1.165) is 12.1 Å². The molecule has 0 aliphatic heterocycles. The minimum atomic E-state index is -4.92. The van der Waals surface area contributed by atoms with Crippen LogP contribution in [0.2, 0.25) is 0 Å². The molecule has 1 atom stereocenters. The zero-order valence-corrected chi connectivity index (χ0v) is 12.1. The summed E-state index contributed by atoms with van der Waals surface area (Å²) < 4.78 is 65.1. The third kappa shape index (κ3) is 4.08. The number of halogens is 5. The number of amides is 1. The molecule has 2 aromatic carbocycles. The first-order valence-corrected chi connectivity index (χ1v) is 6.77. The van der Waals surface area contributed by atoms with E-state index >= 15 is 0 Å². The molecule has 1 amide bonds. The predicted molar refractivity (Wildman–Crippen MR) is 75.1 cm³/mol. The van der Waals surface area contributed by atoms with Gasteiger partial charge in [-0.05, 0) is 24.3 Å². The van der Waals surface area contributed by atoms with Crippen molar-refractivity contribution in [1.29, 1.82) is 0 Å². The molecule has 2 rings (SSSR count). The van der Waals surface area contributed by atoms with Gasteiger partial charge in [0, 0.05) is 12.1 Å². The van der Waals surface area contributed by atoms with Crippen LogP contribution in [-0.4, -0.2) is 17.6 Å². The number of aliphatic hydroxyl groups excluding tert-OH is 1. The van der Waals surface area contributed by atoms with Crippen LogP contribution in [0.5, 0.6) is 0 Å². The second-order valence-corrected chi connectivity index (χ2v) is 4.94. The molecule has 0 aromatic heterocycles. The van der Waals surface area contributed by atoms with Gasteiger partial charge in [0.05, 0.1) is 17.2 Å². The number of benzene rings is 2. The Balaban J connectivity index is 2.15. The molecule has 8 heteroatoms. The van der Waals surface area contributed by atoms with Crippen molar-refractivity contribution < 1.29 is 31.9 Å².